The first-order valence-corrected chi connectivity index (χ1v) is 7.10. The Bertz CT molecular complexity index is 26.3. The average Bonchev–Trinajstić information content (AvgIpc) is 0.722. The molecule has 0 aliphatic carbocycles. The van der Waals surface area contributed by atoms with Gasteiger partial charge in [0.15, 0.2) is 0 Å². The summed E-state index contributed by atoms with van der Waals surface area (Å²) >= 11 is 2.85. The van der Waals surface area contributed by atoms with Gasteiger partial charge in [-0.15, -0.1) is 0 Å². The minimum absolute atomic E-state index is 0. The quantitative estimate of drug-likeness (QED) is 0.420. The van der Waals surface area contributed by atoms with Crippen LogP contribution in [0.2, 0.25) is 19.6 Å². The summed E-state index contributed by atoms with van der Waals surface area (Å²) in [4.78, 5) is 0. The van der Waals surface area contributed by atoms with E-state index in [2.05, 4.69) is 35.3 Å². The fourth-order valence-corrected chi connectivity index (χ4v) is 0. The zero-order valence-corrected chi connectivity index (χ0v) is 6.64. The van der Waals surface area contributed by atoms with E-state index in [9.17, 15) is 0 Å². The molecule has 0 saturated carbocycles. The smallest absolute Gasteiger partial charge is 2.00 e. The standard InChI is InChI=1S/C3H9Si.Al.O/c1-4(2)3;;/h1-3H3;;/q;+2;-2. The molecule has 6 heavy (non-hydrogen) atoms. The molecular formula is C3H9AlOSi. The van der Waals surface area contributed by atoms with Crippen LogP contribution in [0.25, 0.3) is 0 Å². The molecule has 0 atom stereocenters. The van der Waals surface area contributed by atoms with Crippen molar-refractivity contribution in [3.8, 4) is 0 Å². The first-order valence-electron chi connectivity index (χ1n) is 1.79. The Labute approximate surface area is 47.9 Å². The summed E-state index contributed by atoms with van der Waals surface area (Å²) in [7, 11) is 0. The second-order valence-corrected chi connectivity index (χ2v) is 12.3. The molecule has 0 aromatic rings. The van der Waals surface area contributed by atoms with E-state index >= 15 is 0 Å². The summed E-state index contributed by atoms with van der Waals surface area (Å²) in [5, 5.41) is 0. The van der Waals surface area contributed by atoms with Crippen LogP contribution < -0.4 is 0 Å². The Hall–Kier alpha value is 0.709. The number of rotatable bonds is 0. The van der Waals surface area contributed by atoms with Gasteiger partial charge in [-0.05, 0) is 0 Å². The molecule has 0 N–H and O–H groups in total. The normalized spacial score (nSPS) is 10.2. The van der Waals surface area contributed by atoms with E-state index in [1.54, 1.807) is 0 Å². The Kier molecular flexibility index (Phi) is 4.62. The van der Waals surface area contributed by atoms with Gasteiger partial charge in [-0.1, -0.05) is 0 Å². The Balaban J connectivity index is 0. The van der Waals surface area contributed by atoms with E-state index in [0.717, 1.165) is 0 Å². The molecule has 1 nitrogen and oxygen atoms in total. The van der Waals surface area contributed by atoms with Gasteiger partial charge in [0.2, 0.25) is 0 Å². The molecule has 0 fully saturated rings. The molecule has 0 amide bonds. The van der Waals surface area contributed by atoms with Gasteiger partial charge in [-0.2, -0.15) is 0 Å². The monoisotopic (exact) mass is 116 g/mol. The summed E-state index contributed by atoms with van der Waals surface area (Å²) in [5.74, 6) is 0. The summed E-state index contributed by atoms with van der Waals surface area (Å²) in [5.41, 5.74) is 0. The molecule has 0 aromatic heterocycles. The Morgan fingerprint density at radius 1 is 1.17 bits per heavy atom. The van der Waals surface area contributed by atoms with Crippen molar-refractivity contribution < 1.29 is 5.48 Å². The fraction of sp³-hybridized carbons (Fsp3) is 1.00. The largest absolute Gasteiger partial charge is 2.00 e. The number of hydrogen-bond donors (Lipinski definition) is 0. The van der Waals surface area contributed by atoms with Crippen molar-refractivity contribution in [2.75, 3.05) is 0 Å². The zero-order valence-electron chi connectivity index (χ0n) is 4.49. The molecule has 0 saturated heterocycles. The van der Waals surface area contributed by atoms with Crippen molar-refractivity contribution in [3.05, 3.63) is 0 Å². The SMILES string of the molecule is C[Si](C)(C)[Al+2].[O-2]. The summed E-state index contributed by atoms with van der Waals surface area (Å²) in [6.07, 6.45) is 0. The number of hydrogen-bond acceptors (Lipinski definition) is 0. The van der Waals surface area contributed by atoms with E-state index in [-0.39, 0.29) is 5.48 Å². The van der Waals surface area contributed by atoms with Gasteiger partial charge in [0, 0.05) is 0 Å². The third-order valence-electron chi connectivity index (χ3n) is 0. The zero-order chi connectivity index (χ0) is 4.50. The molecule has 0 aliphatic rings. The molecular weight excluding hydrogens is 107 g/mol. The van der Waals surface area contributed by atoms with Crippen LogP contribution in [0.1, 0.15) is 0 Å². The maximum Gasteiger partial charge on any atom is -2.00 e. The van der Waals surface area contributed by atoms with Crippen LogP contribution in [-0.4, -0.2) is 22.3 Å². The second kappa shape index (κ2) is 2.81. The van der Waals surface area contributed by atoms with E-state index in [1.165, 1.54) is 0 Å². The maximum atomic E-state index is 2.85. The maximum absolute atomic E-state index is 2.85. The van der Waals surface area contributed by atoms with Crippen molar-refractivity contribution in [1.29, 1.82) is 0 Å². The predicted molar refractivity (Wildman–Crippen MR) is 29.8 cm³/mol. The molecule has 0 heterocycles. The van der Waals surface area contributed by atoms with Crippen LogP contribution in [-0.2, 0) is 5.48 Å². The molecule has 34 valence electrons. The van der Waals surface area contributed by atoms with Crippen LogP contribution in [0, 0.1) is 0 Å². The van der Waals surface area contributed by atoms with Crippen LogP contribution in [0.4, 0.5) is 0 Å². The first kappa shape index (κ1) is 9.86. The van der Waals surface area contributed by atoms with E-state index in [1.807, 2.05) is 0 Å². The van der Waals surface area contributed by atoms with Gasteiger partial charge in [0.25, 0.3) is 0 Å². The minimum Gasteiger partial charge on any atom is -2.00 e. The van der Waals surface area contributed by atoms with Gasteiger partial charge >= 0.3 is 41.9 Å². The van der Waals surface area contributed by atoms with Crippen molar-refractivity contribution in [2.24, 2.45) is 0 Å². The third-order valence-corrected chi connectivity index (χ3v) is 0. The van der Waals surface area contributed by atoms with Gasteiger partial charge in [0.05, 0.1) is 0 Å². The first-order chi connectivity index (χ1) is 2.00. The van der Waals surface area contributed by atoms with Gasteiger partial charge in [0.1, 0.15) is 0 Å². The van der Waals surface area contributed by atoms with Crippen LogP contribution >= 0.6 is 0 Å². The molecule has 0 rings (SSSR count). The molecule has 0 spiro atoms. The van der Waals surface area contributed by atoms with E-state index < -0.39 is 6.63 Å². The molecule has 0 unspecified atom stereocenters. The van der Waals surface area contributed by atoms with Gasteiger partial charge < -0.3 is 5.48 Å². The Morgan fingerprint density at radius 3 is 1.17 bits per heavy atom. The topological polar surface area (TPSA) is 28.5 Å². The van der Waals surface area contributed by atoms with Crippen LogP contribution in [0.3, 0.4) is 0 Å². The van der Waals surface area contributed by atoms with E-state index in [0.29, 0.717) is 0 Å². The summed E-state index contributed by atoms with van der Waals surface area (Å²) < 4.78 is 0. The van der Waals surface area contributed by atoms with E-state index in [4.69, 9.17) is 0 Å². The summed E-state index contributed by atoms with van der Waals surface area (Å²) in [6.45, 7) is 6.17. The van der Waals surface area contributed by atoms with Crippen molar-refractivity contribution >= 4 is 22.3 Å². The average molecular weight is 116 g/mol. The fourth-order valence-electron chi connectivity index (χ4n) is 0. The molecule has 0 radical (unpaired) electrons. The second-order valence-electron chi connectivity index (χ2n) is 2.37. The van der Waals surface area contributed by atoms with Crippen molar-refractivity contribution in [1.82, 2.24) is 0 Å². The minimum atomic E-state index is -0.694. The van der Waals surface area contributed by atoms with Gasteiger partial charge in [-0.25, -0.2) is 0 Å². The van der Waals surface area contributed by atoms with Gasteiger partial charge in [-0.3, -0.25) is 0 Å². The molecule has 3 heteroatoms. The Morgan fingerprint density at radius 2 is 1.17 bits per heavy atom. The van der Waals surface area contributed by atoms with Crippen molar-refractivity contribution in [2.45, 2.75) is 19.6 Å². The predicted octanol–water partition coefficient (Wildman–Crippen LogP) is 0.871. The molecule has 0 aromatic carbocycles. The van der Waals surface area contributed by atoms with Crippen LogP contribution in [0.15, 0.2) is 0 Å². The molecule has 0 bridgehead atoms. The molecule has 0 aliphatic heterocycles. The third kappa shape index (κ3) is 129. The van der Waals surface area contributed by atoms with Crippen molar-refractivity contribution in [3.63, 3.8) is 0 Å². The van der Waals surface area contributed by atoms with Crippen LogP contribution in [0.5, 0.6) is 0 Å². The summed E-state index contributed by atoms with van der Waals surface area (Å²) in [6, 6.07) is 0.